The van der Waals surface area contributed by atoms with Crippen molar-refractivity contribution in [3.8, 4) is 0 Å². The van der Waals surface area contributed by atoms with Gasteiger partial charge < -0.3 is 10.6 Å². The number of amides is 2. The Morgan fingerprint density at radius 3 is 2.65 bits per heavy atom. The van der Waals surface area contributed by atoms with Crippen LogP contribution in [0.5, 0.6) is 0 Å². The molecule has 2 heterocycles. The third-order valence-corrected chi connectivity index (χ3v) is 5.93. The summed E-state index contributed by atoms with van der Waals surface area (Å²) < 4.78 is 1.50. The zero-order valence-corrected chi connectivity index (χ0v) is 18.2. The van der Waals surface area contributed by atoms with E-state index in [1.54, 1.807) is 30.5 Å². The summed E-state index contributed by atoms with van der Waals surface area (Å²) in [6.45, 7) is 1.93. The third kappa shape index (κ3) is 5.07. The van der Waals surface area contributed by atoms with Crippen molar-refractivity contribution in [3.63, 3.8) is 0 Å². The zero-order valence-electron chi connectivity index (χ0n) is 16.6. The Morgan fingerprint density at radius 1 is 1.03 bits per heavy atom. The fourth-order valence-corrected chi connectivity index (χ4v) is 4.20. The standard InChI is InChI=1S/C23H19ClN4O2S/c1-15-9-10-18(17(24)12-15)26-23(30)27-19-6-2-3-7-20(19)31-14-16-13-22(29)28-11-5-4-8-21(28)25-16/h2-13H,14H2,1H3,(H2,26,27,30). The number of fused-ring (bicyclic) bond motifs is 1. The average molecular weight is 451 g/mol. The van der Waals surface area contributed by atoms with Crippen LogP contribution in [0.1, 0.15) is 11.3 Å². The molecule has 156 valence electrons. The fraction of sp³-hybridized carbons (Fsp3) is 0.0870. The van der Waals surface area contributed by atoms with Crippen LogP contribution in [-0.2, 0) is 5.75 Å². The first-order chi connectivity index (χ1) is 15.0. The Bertz CT molecular complexity index is 1320. The number of carbonyl (C=O) groups excluding carboxylic acids is 1. The van der Waals surface area contributed by atoms with Gasteiger partial charge in [0.1, 0.15) is 5.65 Å². The molecule has 31 heavy (non-hydrogen) atoms. The minimum Gasteiger partial charge on any atom is -0.307 e. The molecule has 0 saturated carbocycles. The summed E-state index contributed by atoms with van der Waals surface area (Å²) >= 11 is 7.69. The summed E-state index contributed by atoms with van der Waals surface area (Å²) in [7, 11) is 0. The van der Waals surface area contributed by atoms with Gasteiger partial charge in [-0.2, -0.15) is 0 Å². The number of carbonyl (C=O) groups is 1. The molecule has 0 unspecified atom stereocenters. The average Bonchev–Trinajstić information content (AvgIpc) is 2.75. The molecule has 2 aromatic carbocycles. The number of urea groups is 1. The summed E-state index contributed by atoms with van der Waals surface area (Å²) in [5.41, 5.74) is 3.36. The van der Waals surface area contributed by atoms with Crippen LogP contribution in [-0.4, -0.2) is 15.4 Å². The number of aryl methyl sites for hydroxylation is 1. The Balaban J connectivity index is 1.47. The Kier molecular flexibility index (Phi) is 6.25. The number of aromatic nitrogens is 2. The van der Waals surface area contributed by atoms with E-state index < -0.39 is 0 Å². The quantitative estimate of drug-likeness (QED) is 0.388. The molecule has 0 aliphatic rings. The smallest absolute Gasteiger partial charge is 0.307 e. The van der Waals surface area contributed by atoms with E-state index in [9.17, 15) is 9.59 Å². The van der Waals surface area contributed by atoms with Crippen LogP contribution < -0.4 is 16.2 Å². The third-order valence-electron chi connectivity index (χ3n) is 4.51. The molecule has 8 heteroatoms. The number of halogens is 1. The lowest BCUT2D eigenvalue weighted by Crippen LogP contribution is -2.20. The molecule has 0 aliphatic carbocycles. The molecular formula is C23H19ClN4O2S. The molecule has 0 spiro atoms. The van der Waals surface area contributed by atoms with Crippen LogP contribution in [0.25, 0.3) is 5.65 Å². The Morgan fingerprint density at radius 2 is 1.81 bits per heavy atom. The normalized spacial score (nSPS) is 10.8. The molecule has 0 atom stereocenters. The van der Waals surface area contributed by atoms with Crippen molar-refractivity contribution in [3.05, 3.63) is 99.6 Å². The predicted octanol–water partition coefficient (Wildman–Crippen LogP) is 5.59. The number of benzene rings is 2. The first kappa shape index (κ1) is 21.0. The van der Waals surface area contributed by atoms with E-state index in [-0.39, 0.29) is 11.6 Å². The highest BCUT2D eigenvalue weighted by molar-refractivity contribution is 7.98. The van der Waals surface area contributed by atoms with Crippen molar-refractivity contribution < 1.29 is 4.79 Å². The van der Waals surface area contributed by atoms with Gasteiger partial charge in [-0.3, -0.25) is 9.20 Å². The molecule has 4 rings (SSSR count). The van der Waals surface area contributed by atoms with E-state index >= 15 is 0 Å². The van der Waals surface area contributed by atoms with Gasteiger partial charge in [0.2, 0.25) is 0 Å². The van der Waals surface area contributed by atoms with Crippen LogP contribution in [0.2, 0.25) is 5.02 Å². The summed E-state index contributed by atoms with van der Waals surface area (Å²) in [5.74, 6) is 0.491. The minimum atomic E-state index is -0.388. The van der Waals surface area contributed by atoms with Crippen LogP contribution in [0.3, 0.4) is 0 Å². The Labute approximate surface area is 188 Å². The van der Waals surface area contributed by atoms with Gasteiger partial charge in [0, 0.05) is 22.9 Å². The molecule has 2 N–H and O–H groups in total. The maximum Gasteiger partial charge on any atom is 0.323 e. The second-order valence-electron chi connectivity index (χ2n) is 6.86. The molecular weight excluding hydrogens is 432 g/mol. The van der Waals surface area contributed by atoms with E-state index in [0.717, 1.165) is 10.5 Å². The van der Waals surface area contributed by atoms with Crippen molar-refractivity contribution in [2.75, 3.05) is 10.6 Å². The number of hydrogen-bond acceptors (Lipinski definition) is 4. The lowest BCUT2D eigenvalue weighted by molar-refractivity contribution is 0.262. The molecule has 0 bridgehead atoms. The predicted molar refractivity (Wildman–Crippen MR) is 126 cm³/mol. The van der Waals surface area contributed by atoms with Gasteiger partial charge in [-0.25, -0.2) is 9.78 Å². The largest absolute Gasteiger partial charge is 0.323 e. The van der Waals surface area contributed by atoms with E-state index in [1.807, 2.05) is 43.3 Å². The van der Waals surface area contributed by atoms with Gasteiger partial charge in [0.15, 0.2) is 0 Å². The first-order valence-corrected chi connectivity index (χ1v) is 10.9. The second-order valence-corrected chi connectivity index (χ2v) is 8.29. The van der Waals surface area contributed by atoms with E-state index in [1.165, 1.54) is 22.2 Å². The summed E-state index contributed by atoms with van der Waals surface area (Å²) in [6, 6.07) is 19.5. The molecule has 0 saturated heterocycles. The maximum absolute atomic E-state index is 12.5. The number of nitrogens with one attached hydrogen (secondary N) is 2. The van der Waals surface area contributed by atoms with Gasteiger partial charge >= 0.3 is 6.03 Å². The van der Waals surface area contributed by atoms with Gasteiger partial charge in [-0.1, -0.05) is 35.9 Å². The van der Waals surface area contributed by atoms with Gasteiger partial charge in [-0.15, -0.1) is 11.8 Å². The van der Waals surface area contributed by atoms with Gasteiger partial charge in [0.05, 0.1) is 22.1 Å². The molecule has 0 aliphatic heterocycles. The van der Waals surface area contributed by atoms with Crippen LogP contribution in [0.4, 0.5) is 16.2 Å². The second kappa shape index (κ2) is 9.24. The lowest BCUT2D eigenvalue weighted by Gasteiger charge is -2.13. The number of rotatable bonds is 5. The highest BCUT2D eigenvalue weighted by Gasteiger charge is 2.10. The van der Waals surface area contributed by atoms with Crippen molar-refractivity contribution in [2.24, 2.45) is 0 Å². The van der Waals surface area contributed by atoms with E-state index in [2.05, 4.69) is 15.6 Å². The number of pyridine rings is 1. The summed E-state index contributed by atoms with van der Waals surface area (Å²) in [5, 5.41) is 6.11. The Hall–Kier alpha value is -3.29. The molecule has 2 aromatic heterocycles. The monoisotopic (exact) mass is 450 g/mol. The molecule has 2 amide bonds. The SMILES string of the molecule is Cc1ccc(NC(=O)Nc2ccccc2SCc2cc(=O)n3ccccc3n2)c(Cl)c1. The van der Waals surface area contributed by atoms with Crippen LogP contribution >= 0.6 is 23.4 Å². The minimum absolute atomic E-state index is 0.123. The van der Waals surface area contributed by atoms with Crippen molar-refractivity contribution in [1.82, 2.24) is 9.38 Å². The molecule has 0 radical (unpaired) electrons. The van der Waals surface area contributed by atoms with Crippen LogP contribution in [0.15, 0.2) is 82.6 Å². The summed E-state index contributed by atoms with van der Waals surface area (Å²) in [4.78, 5) is 30.2. The van der Waals surface area contributed by atoms with Crippen molar-refractivity contribution >= 4 is 46.4 Å². The number of anilines is 2. The highest BCUT2D eigenvalue weighted by Crippen LogP contribution is 2.30. The van der Waals surface area contributed by atoms with E-state index in [4.69, 9.17) is 11.6 Å². The lowest BCUT2D eigenvalue weighted by atomic mass is 10.2. The zero-order chi connectivity index (χ0) is 21.8. The number of thioether (sulfide) groups is 1. The van der Waals surface area contributed by atoms with Gasteiger partial charge in [-0.05, 0) is 48.9 Å². The summed E-state index contributed by atoms with van der Waals surface area (Å²) in [6.07, 6.45) is 1.69. The topological polar surface area (TPSA) is 75.5 Å². The van der Waals surface area contributed by atoms with Crippen molar-refractivity contribution in [2.45, 2.75) is 17.6 Å². The first-order valence-electron chi connectivity index (χ1n) is 9.53. The molecule has 0 fully saturated rings. The van der Waals surface area contributed by atoms with Crippen molar-refractivity contribution in [1.29, 1.82) is 0 Å². The molecule has 4 aromatic rings. The number of nitrogens with zero attached hydrogens (tertiary/aromatic N) is 2. The molecule has 6 nitrogen and oxygen atoms in total. The van der Waals surface area contributed by atoms with E-state index in [0.29, 0.717) is 33.5 Å². The number of para-hydroxylation sites is 1. The van der Waals surface area contributed by atoms with Crippen LogP contribution in [0, 0.1) is 6.92 Å². The maximum atomic E-state index is 12.5. The fourth-order valence-electron chi connectivity index (χ4n) is 3.02. The number of hydrogen-bond donors (Lipinski definition) is 2. The highest BCUT2D eigenvalue weighted by atomic mass is 35.5. The van der Waals surface area contributed by atoms with Gasteiger partial charge in [0.25, 0.3) is 5.56 Å².